The van der Waals surface area contributed by atoms with Gasteiger partial charge in [0.05, 0.1) is 0 Å². The number of carbonyl (C=O) groups is 3. The Bertz CT molecular complexity index is 1650. The molecule has 6 rings (SSSR count). The highest BCUT2D eigenvalue weighted by Crippen LogP contribution is 2.27. The first-order chi connectivity index (χ1) is 26.2. The van der Waals surface area contributed by atoms with Crippen molar-refractivity contribution in [2.75, 3.05) is 6.61 Å². The maximum Gasteiger partial charge on any atom is 0.264 e. The summed E-state index contributed by atoms with van der Waals surface area (Å²) in [6.45, 7) is 20.0. The van der Waals surface area contributed by atoms with Gasteiger partial charge in [-0.1, -0.05) is 121 Å². The molecular formula is C47H69ClN2O5. The predicted molar refractivity (Wildman–Crippen MR) is 230 cm³/mol. The van der Waals surface area contributed by atoms with Crippen LogP contribution < -0.4 is 5.32 Å². The van der Waals surface area contributed by atoms with Crippen molar-refractivity contribution >= 4 is 40.2 Å². The Labute approximate surface area is 337 Å². The largest absolute Gasteiger partial charge is 0.433 e. The molecule has 7 nitrogen and oxygen atoms in total. The molecule has 0 aliphatic heterocycles. The number of benzene rings is 3. The molecule has 2 aliphatic rings. The minimum atomic E-state index is -0.0216. The van der Waals surface area contributed by atoms with Crippen molar-refractivity contribution in [2.24, 2.45) is 17.8 Å². The first-order valence-corrected chi connectivity index (χ1v) is 20.7. The van der Waals surface area contributed by atoms with Crippen LogP contribution >= 0.6 is 11.6 Å². The molecule has 0 saturated heterocycles. The topological polar surface area (TPSA) is 110 Å². The fourth-order valence-electron chi connectivity index (χ4n) is 5.52. The van der Waals surface area contributed by atoms with Crippen molar-refractivity contribution in [2.45, 2.75) is 139 Å². The van der Waals surface area contributed by atoms with Crippen LogP contribution in [0.3, 0.4) is 0 Å². The highest BCUT2D eigenvalue weighted by Gasteiger charge is 2.22. The van der Waals surface area contributed by atoms with Gasteiger partial charge in [-0.15, -0.1) is 0 Å². The number of Topliss-reactive ketones (excluding diaryl/α,β-unsaturated/α-hetero) is 2. The number of carbonyl (C=O) groups excluding carboxylic acids is 3. The SMILES string of the molecule is C1CCC1.CC(C)C(C)NC(=O)c1ccccc1.CC1Cc2ccccc2C1.CCC(CC)C(=O)c1nc2cc(Cl)cc(C)c2o1.CCCC(C)=O.CCO. The number of oxazole rings is 1. The summed E-state index contributed by atoms with van der Waals surface area (Å²) in [5.74, 6) is 1.79. The van der Waals surface area contributed by atoms with Gasteiger partial charge in [-0.05, 0) is 113 Å². The number of hydrogen-bond donors (Lipinski definition) is 2. The first kappa shape index (κ1) is 49.2. The third kappa shape index (κ3) is 19.1. The molecule has 0 bridgehead atoms. The summed E-state index contributed by atoms with van der Waals surface area (Å²) < 4.78 is 5.58. The molecule has 1 saturated carbocycles. The van der Waals surface area contributed by atoms with E-state index in [-0.39, 0.29) is 41.9 Å². The molecule has 3 aromatic carbocycles. The summed E-state index contributed by atoms with van der Waals surface area (Å²) in [6.07, 6.45) is 11.9. The van der Waals surface area contributed by atoms with Gasteiger partial charge in [-0.25, -0.2) is 4.98 Å². The van der Waals surface area contributed by atoms with Crippen LogP contribution in [0.4, 0.5) is 0 Å². The Morgan fingerprint density at radius 1 is 0.873 bits per heavy atom. The molecule has 4 aromatic rings. The summed E-state index contributed by atoms with van der Waals surface area (Å²) in [5.41, 5.74) is 6.04. The number of halogens is 1. The molecular weight excluding hydrogens is 708 g/mol. The fourth-order valence-corrected chi connectivity index (χ4v) is 5.79. The normalized spacial score (nSPS) is 13.1. The second-order valence-corrected chi connectivity index (χ2v) is 15.2. The van der Waals surface area contributed by atoms with Crippen LogP contribution in [0.1, 0.15) is 151 Å². The second-order valence-electron chi connectivity index (χ2n) is 14.8. The van der Waals surface area contributed by atoms with Crippen LogP contribution in [-0.2, 0) is 17.6 Å². The minimum absolute atomic E-state index is 0.00630. The van der Waals surface area contributed by atoms with Gasteiger partial charge in [0.15, 0.2) is 5.58 Å². The lowest BCUT2D eigenvalue weighted by Gasteiger charge is -2.17. The summed E-state index contributed by atoms with van der Waals surface area (Å²) >= 11 is 5.96. The predicted octanol–water partition coefficient (Wildman–Crippen LogP) is 12.2. The summed E-state index contributed by atoms with van der Waals surface area (Å²) in [6, 6.07) is 21.8. The summed E-state index contributed by atoms with van der Waals surface area (Å²) in [4.78, 5) is 38.1. The number of rotatable bonds is 9. The molecule has 55 heavy (non-hydrogen) atoms. The van der Waals surface area contributed by atoms with E-state index in [0.29, 0.717) is 22.0 Å². The molecule has 0 spiro atoms. The number of amides is 1. The number of ketones is 2. The average molecular weight is 778 g/mol. The molecule has 2 aliphatic carbocycles. The Kier molecular flexibility index (Phi) is 24.8. The third-order valence-corrected chi connectivity index (χ3v) is 9.68. The maximum absolute atomic E-state index is 12.2. The van der Waals surface area contributed by atoms with Crippen molar-refractivity contribution in [3.05, 3.63) is 99.9 Å². The molecule has 0 radical (unpaired) electrons. The lowest BCUT2D eigenvalue weighted by Crippen LogP contribution is -2.36. The molecule has 2 N–H and O–H groups in total. The molecule has 1 unspecified atom stereocenters. The van der Waals surface area contributed by atoms with E-state index in [4.69, 9.17) is 21.1 Å². The van der Waals surface area contributed by atoms with Gasteiger partial charge < -0.3 is 19.6 Å². The van der Waals surface area contributed by atoms with Crippen molar-refractivity contribution < 1.29 is 23.9 Å². The zero-order chi connectivity index (χ0) is 41.3. The van der Waals surface area contributed by atoms with Gasteiger partial charge in [0, 0.05) is 35.6 Å². The van der Waals surface area contributed by atoms with Crippen molar-refractivity contribution in [1.29, 1.82) is 0 Å². The van der Waals surface area contributed by atoms with E-state index in [0.717, 1.165) is 42.7 Å². The molecule has 304 valence electrons. The van der Waals surface area contributed by atoms with E-state index in [1.165, 1.54) is 38.5 Å². The smallest absolute Gasteiger partial charge is 0.264 e. The first-order valence-electron chi connectivity index (χ1n) is 20.4. The number of aromatic nitrogens is 1. The highest BCUT2D eigenvalue weighted by molar-refractivity contribution is 6.31. The standard InChI is InChI=1S/C14H16ClNO2.C12H17NO.C10H12.C5H10O.C4H8.C2H6O/c1-4-9(5-2)12(17)14-16-11-7-10(15)6-8(3)13(11)18-14;1-9(2)10(3)13-12(14)11-7-5-4-6-8-11;1-8-6-9-4-2-3-5-10(9)7-8;1-3-4-5(2)6;1-2-4-3-1;1-2-3/h6-7,9H,4-5H2,1-3H3;4-10H,1-3H3,(H,13,14);2-5,8H,6-7H2,1H3;3-4H2,1-2H3;1-4H2;3H,2H2,1H3. The van der Waals surface area contributed by atoms with E-state index in [1.807, 2.05) is 65.0 Å². The summed E-state index contributed by atoms with van der Waals surface area (Å²) in [7, 11) is 0. The Morgan fingerprint density at radius 2 is 1.38 bits per heavy atom. The quantitative estimate of drug-likeness (QED) is 0.164. The number of nitrogens with zero attached hydrogens (tertiary/aromatic N) is 1. The Morgan fingerprint density at radius 3 is 1.80 bits per heavy atom. The zero-order valence-corrected chi connectivity index (χ0v) is 36.1. The fraction of sp³-hybridized carbons (Fsp3) is 0.532. The van der Waals surface area contributed by atoms with Crippen LogP contribution in [0.2, 0.25) is 5.02 Å². The van der Waals surface area contributed by atoms with Crippen LogP contribution in [0.15, 0.2) is 71.1 Å². The van der Waals surface area contributed by atoms with Gasteiger partial charge in [0.25, 0.3) is 11.8 Å². The molecule has 1 aromatic heterocycles. The van der Waals surface area contributed by atoms with Crippen molar-refractivity contribution in [1.82, 2.24) is 10.3 Å². The maximum atomic E-state index is 12.2. The second kappa shape index (κ2) is 27.7. The van der Waals surface area contributed by atoms with Gasteiger partial charge in [0.2, 0.25) is 5.78 Å². The number of fused-ring (bicyclic) bond motifs is 2. The van der Waals surface area contributed by atoms with Crippen molar-refractivity contribution in [3.63, 3.8) is 0 Å². The molecule has 1 amide bonds. The molecule has 1 fully saturated rings. The Balaban J connectivity index is 0.000000363. The molecule has 1 atom stereocenters. The molecule has 1 heterocycles. The number of aryl methyl sites for hydroxylation is 1. The van der Waals surface area contributed by atoms with E-state index in [9.17, 15) is 14.4 Å². The molecule has 8 heteroatoms. The Hall–Kier alpha value is -3.81. The number of hydrogen-bond acceptors (Lipinski definition) is 6. The van der Waals surface area contributed by atoms with E-state index in [2.05, 4.69) is 55.3 Å². The van der Waals surface area contributed by atoms with Gasteiger partial charge in [0.1, 0.15) is 11.3 Å². The average Bonchev–Trinajstić information content (AvgIpc) is 3.72. The van der Waals surface area contributed by atoms with Crippen molar-refractivity contribution in [3.8, 4) is 0 Å². The number of nitrogens with one attached hydrogen (secondary N) is 1. The highest BCUT2D eigenvalue weighted by atomic mass is 35.5. The zero-order valence-electron chi connectivity index (χ0n) is 35.3. The van der Waals surface area contributed by atoms with Crippen LogP contribution in [0, 0.1) is 24.7 Å². The van der Waals surface area contributed by atoms with Gasteiger partial charge in [-0.3, -0.25) is 9.59 Å². The van der Waals surface area contributed by atoms with Gasteiger partial charge >= 0.3 is 0 Å². The minimum Gasteiger partial charge on any atom is -0.433 e. The number of aliphatic hydroxyl groups is 1. The van der Waals surface area contributed by atoms with E-state index < -0.39 is 0 Å². The van der Waals surface area contributed by atoms with Crippen LogP contribution in [0.25, 0.3) is 11.1 Å². The lowest BCUT2D eigenvalue weighted by atomic mass is 9.98. The monoisotopic (exact) mass is 776 g/mol. The van der Waals surface area contributed by atoms with E-state index >= 15 is 0 Å². The van der Waals surface area contributed by atoms with E-state index in [1.54, 1.807) is 37.1 Å². The number of aliphatic hydroxyl groups excluding tert-OH is 1. The van der Waals surface area contributed by atoms with Crippen LogP contribution in [0.5, 0.6) is 0 Å². The van der Waals surface area contributed by atoms with Gasteiger partial charge in [-0.2, -0.15) is 0 Å². The third-order valence-electron chi connectivity index (χ3n) is 9.46. The lowest BCUT2D eigenvalue weighted by molar-refractivity contribution is -0.117. The summed E-state index contributed by atoms with van der Waals surface area (Å²) in [5, 5.41) is 11.1. The van der Waals surface area contributed by atoms with Crippen LogP contribution in [-0.4, -0.2) is 40.2 Å².